The number of rotatable bonds is 3. The standard InChI is InChI=1S/C12H8BrFN2OS/c13-9-5-7(14)1-2-11(9)17-8-3-4-16-10(6-8)12(15)18/h1-6H,(H2,15,18). The van der Waals surface area contributed by atoms with E-state index in [4.69, 9.17) is 22.7 Å². The van der Waals surface area contributed by atoms with E-state index in [-0.39, 0.29) is 10.8 Å². The molecule has 0 bridgehead atoms. The van der Waals surface area contributed by atoms with Crippen LogP contribution in [0.3, 0.4) is 0 Å². The molecule has 6 heteroatoms. The average molecular weight is 327 g/mol. The SMILES string of the molecule is NC(=S)c1cc(Oc2ccc(F)cc2Br)ccn1. The zero-order chi connectivity index (χ0) is 13.1. The highest BCUT2D eigenvalue weighted by Gasteiger charge is 2.06. The van der Waals surface area contributed by atoms with Gasteiger partial charge in [-0.05, 0) is 40.2 Å². The van der Waals surface area contributed by atoms with Gasteiger partial charge in [0.2, 0.25) is 0 Å². The van der Waals surface area contributed by atoms with Gasteiger partial charge in [-0.2, -0.15) is 0 Å². The van der Waals surface area contributed by atoms with Crippen LogP contribution in [-0.2, 0) is 0 Å². The number of hydrogen-bond acceptors (Lipinski definition) is 3. The third-order valence-electron chi connectivity index (χ3n) is 2.11. The minimum absolute atomic E-state index is 0.193. The van der Waals surface area contributed by atoms with Crippen molar-refractivity contribution in [2.24, 2.45) is 5.73 Å². The van der Waals surface area contributed by atoms with Crippen LogP contribution in [0.15, 0.2) is 41.0 Å². The fourth-order valence-electron chi connectivity index (χ4n) is 1.29. The van der Waals surface area contributed by atoms with Crippen molar-refractivity contribution in [3.05, 3.63) is 52.5 Å². The maximum Gasteiger partial charge on any atom is 0.141 e. The molecule has 0 saturated carbocycles. The number of ether oxygens (including phenoxy) is 1. The lowest BCUT2D eigenvalue weighted by Crippen LogP contribution is -2.11. The van der Waals surface area contributed by atoms with E-state index in [1.165, 1.54) is 18.2 Å². The van der Waals surface area contributed by atoms with Gasteiger partial charge in [0, 0.05) is 12.3 Å². The van der Waals surface area contributed by atoms with Gasteiger partial charge in [0.15, 0.2) is 0 Å². The first-order chi connectivity index (χ1) is 8.56. The summed E-state index contributed by atoms with van der Waals surface area (Å²) in [4.78, 5) is 4.19. The molecule has 0 amide bonds. The second-order valence-electron chi connectivity index (χ2n) is 3.42. The highest BCUT2D eigenvalue weighted by molar-refractivity contribution is 9.10. The fourth-order valence-corrected chi connectivity index (χ4v) is 1.84. The van der Waals surface area contributed by atoms with E-state index in [9.17, 15) is 4.39 Å². The number of nitrogens with two attached hydrogens (primary N) is 1. The molecule has 0 aliphatic rings. The third-order valence-corrected chi connectivity index (χ3v) is 2.93. The van der Waals surface area contributed by atoms with Crippen LogP contribution in [0.4, 0.5) is 4.39 Å². The zero-order valence-electron chi connectivity index (χ0n) is 9.06. The zero-order valence-corrected chi connectivity index (χ0v) is 11.5. The first-order valence-corrected chi connectivity index (χ1v) is 6.15. The molecule has 1 heterocycles. The molecule has 2 aromatic rings. The van der Waals surface area contributed by atoms with Crippen LogP contribution < -0.4 is 10.5 Å². The van der Waals surface area contributed by atoms with Gasteiger partial charge in [-0.15, -0.1) is 0 Å². The molecule has 1 aromatic carbocycles. The van der Waals surface area contributed by atoms with Crippen molar-refractivity contribution in [1.29, 1.82) is 0 Å². The van der Waals surface area contributed by atoms with Crippen LogP contribution in [0.2, 0.25) is 0 Å². The van der Waals surface area contributed by atoms with Crippen molar-refractivity contribution in [1.82, 2.24) is 4.98 Å². The van der Waals surface area contributed by atoms with E-state index in [1.807, 2.05) is 0 Å². The molecule has 18 heavy (non-hydrogen) atoms. The molecule has 1 aromatic heterocycles. The molecule has 2 rings (SSSR count). The molecule has 0 radical (unpaired) electrons. The van der Waals surface area contributed by atoms with Crippen LogP contribution in [0.1, 0.15) is 5.69 Å². The minimum atomic E-state index is -0.340. The lowest BCUT2D eigenvalue weighted by atomic mass is 10.3. The molecule has 0 atom stereocenters. The summed E-state index contributed by atoms with van der Waals surface area (Å²) < 4.78 is 19.0. The fraction of sp³-hybridized carbons (Fsp3) is 0. The molecule has 0 unspecified atom stereocenters. The molecule has 0 spiro atoms. The smallest absolute Gasteiger partial charge is 0.141 e. The Hall–Kier alpha value is -1.53. The van der Waals surface area contributed by atoms with Gasteiger partial charge in [0.05, 0.1) is 4.47 Å². The summed E-state index contributed by atoms with van der Waals surface area (Å²) in [6, 6.07) is 7.46. The number of benzene rings is 1. The molecule has 0 aliphatic carbocycles. The summed E-state index contributed by atoms with van der Waals surface area (Å²) in [6.07, 6.45) is 1.54. The Balaban J connectivity index is 2.28. The lowest BCUT2D eigenvalue weighted by molar-refractivity contribution is 0.476. The average Bonchev–Trinajstić information content (AvgIpc) is 2.33. The second kappa shape index (κ2) is 5.41. The van der Waals surface area contributed by atoms with Crippen molar-refractivity contribution < 1.29 is 9.13 Å². The molecule has 2 N–H and O–H groups in total. The first kappa shape index (κ1) is 12.9. The quantitative estimate of drug-likeness (QED) is 0.878. The summed E-state index contributed by atoms with van der Waals surface area (Å²) in [5.74, 6) is 0.685. The van der Waals surface area contributed by atoms with Crippen molar-refractivity contribution in [3.8, 4) is 11.5 Å². The van der Waals surface area contributed by atoms with E-state index in [2.05, 4.69) is 20.9 Å². The molecule has 3 nitrogen and oxygen atoms in total. The Morgan fingerprint density at radius 2 is 2.11 bits per heavy atom. The van der Waals surface area contributed by atoms with Gasteiger partial charge in [-0.1, -0.05) is 12.2 Å². The summed E-state index contributed by atoms with van der Waals surface area (Å²) in [6.45, 7) is 0. The Morgan fingerprint density at radius 1 is 1.33 bits per heavy atom. The summed E-state index contributed by atoms with van der Waals surface area (Å²) in [5.41, 5.74) is 5.95. The van der Waals surface area contributed by atoms with Crippen LogP contribution in [0.25, 0.3) is 0 Å². The predicted molar refractivity (Wildman–Crippen MR) is 74.3 cm³/mol. The molecular formula is C12H8BrFN2OS. The van der Waals surface area contributed by atoms with Gasteiger partial charge in [-0.25, -0.2) is 4.39 Å². The Morgan fingerprint density at radius 3 is 2.78 bits per heavy atom. The molecular weight excluding hydrogens is 319 g/mol. The number of halogens is 2. The highest BCUT2D eigenvalue weighted by Crippen LogP contribution is 2.30. The van der Waals surface area contributed by atoms with Crippen LogP contribution in [0, 0.1) is 5.82 Å². The predicted octanol–water partition coefficient (Wildman–Crippen LogP) is 3.41. The largest absolute Gasteiger partial charge is 0.456 e. The van der Waals surface area contributed by atoms with E-state index < -0.39 is 0 Å². The number of aromatic nitrogens is 1. The Kier molecular flexibility index (Phi) is 3.88. The molecule has 0 saturated heterocycles. The van der Waals surface area contributed by atoms with Crippen molar-refractivity contribution in [2.45, 2.75) is 0 Å². The van der Waals surface area contributed by atoms with E-state index >= 15 is 0 Å². The maximum atomic E-state index is 12.9. The molecule has 0 aliphatic heterocycles. The minimum Gasteiger partial charge on any atom is -0.456 e. The number of hydrogen-bond donors (Lipinski definition) is 1. The monoisotopic (exact) mass is 326 g/mol. The van der Waals surface area contributed by atoms with Crippen molar-refractivity contribution in [2.75, 3.05) is 0 Å². The van der Waals surface area contributed by atoms with E-state index in [0.29, 0.717) is 21.7 Å². The second-order valence-corrected chi connectivity index (χ2v) is 4.71. The summed E-state index contributed by atoms with van der Waals surface area (Å²) >= 11 is 8.05. The van der Waals surface area contributed by atoms with Crippen molar-refractivity contribution >= 4 is 33.1 Å². The normalized spacial score (nSPS) is 10.1. The van der Waals surface area contributed by atoms with Crippen LogP contribution in [-0.4, -0.2) is 9.97 Å². The van der Waals surface area contributed by atoms with Crippen LogP contribution in [0.5, 0.6) is 11.5 Å². The highest BCUT2D eigenvalue weighted by atomic mass is 79.9. The maximum absolute atomic E-state index is 12.9. The van der Waals surface area contributed by atoms with Crippen LogP contribution >= 0.6 is 28.1 Å². The Bertz CT molecular complexity index is 606. The lowest BCUT2D eigenvalue weighted by Gasteiger charge is -2.08. The van der Waals surface area contributed by atoms with Gasteiger partial charge in [0.25, 0.3) is 0 Å². The number of thiocarbonyl (C=S) groups is 1. The van der Waals surface area contributed by atoms with Gasteiger partial charge in [-0.3, -0.25) is 4.98 Å². The van der Waals surface area contributed by atoms with Gasteiger partial charge in [0.1, 0.15) is 28.0 Å². The van der Waals surface area contributed by atoms with Gasteiger partial charge < -0.3 is 10.5 Å². The molecule has 0 fully saturated rings. The molecule has 92 valence electrons. The van der Waals surface area contributed by atoms with E-state index in [0.717, 1.165) is 0 Å². The number of nitrogens with zero attached hydrogens (tertiary/aromatic N) is 1. The van der Waals surface area contributed by atoms with Crippen molar-refractivity contribution in [3.63, 3.8) is 0 Å². The van der Waals surface area contributed by atoms with E-state index in [1.54, 1.807) is 18.3 Å². The summed E-state index contributed by atoms with van der Waals surface area (Å²) in [7, 11) is 0. The third kappa shape index (κ3) is 3.02. The Labute approximate surface area is 117 Å². The first-order valence-electron chi connectivity index (χ1n) is 4.95. The topological polar surface area (TPSA) is 48.1 Å². The number of pyridine rings is 1. The summed E-state index contributed by atoms with van der Waals surface area (Å²) in [5, 5.41) is 0. The van der Waals surface area contributed by atoms with Gasteiger partial charge >= 0.3 is 0 Å².